The van der Waals surface area contributed by atoms with Crippen LogP contribution in [0.25, 0.3) is 0 Å². The first-order valence-corrected chi connectivity index (χ1v) is 9.40. The number of nitrogens with zero attached hydrogens (tertiary/aromatic N) is 1. The minimum Gasteiger partial charge on any atom is -0.356 e. The Bertz CT molecular complexity index is 655. The molecule has 2 aromatic rings. The topological polar surface area (TPSA) is 65.5 Å². The van der Waals surface area contributed by atoms with E-state index in [0.29, 0.717) is 25.4 Å². The number of hydrogen-bond donors (Lipinski definition) is 3. The fourth-order valence-corrected chi connectivity index (χ4v) is 3.11. The van der Waals surface area contributed by atoms with Crippen LogP contribution in [-0.4, -0.2) is 32.0 Å². The summed E-state index contributed by atoms with van der Waals surface area (Å²) in [5.74, 6) is 1.16. The molecule has 0 bridgehead atoms. The highest BCUT2D eigenvalue weighted by molar-refractivity contribution is 7.07. The van der Waals surface area contributed by atoms with Gasteiger partial charge in [-0.05, 0) is 33.9 Å². The van der Waals surface area contributed by atoms with Gasteiger partial charge in [-0.2, -0.15) is 11.3 Å². The lowest BCUT2D eigenvalue weighted by atomic mass is 10.1. The molecule has 5 nitrogen and oxygen atoms in total. The SMILES string of the molecule is CN=C(NCCC(=O)NCc1ccccc1)NCC(C)c1ccsc1. The van der Waals surface area contributed by atoms with Crippen molar-refractivity contribution >= 4 is 23.2 Å². The largest absolute Gasteiger partial charge is 0.356 e. The summed E-state index contributed by atoms with van der Waals surface area (Å²) < 4.78 is 0. The average molecular weight is 359 g/mol. The number of thiophene rings is 1. The molecule has 0 aliphatic rings. The van der Waals surface area contributed by atoms with Gasteiger partial charge in [-0.15, -0.1) is 0 Å². The second-order valence-corrected chi connectivity index (χ2v) is 6.63. The molecule has 1 heterocycles. The van der Waals surface area contributed by atoms with E-state index in [0.717, 1.165) is 18.1 Å². The molecule has 0 aliphatic heterocycles. The van der Waals surface area contributed by atoms with Crippen LogP contribution in [0.15, 0.2) is 52.2 Å². The molecule has 0 radical (unpaired) electrons. The lowest BCUT2D eigenvalue weighted by Gasteiger charge is -2.15. The van der Waals surface area contributed by atoms with Crippen molar-refractivity contribution in [1.82, 2.24) is 16.0 Å². The van der Waals surface area contributed by atoms with E-state index in [1.165, 1.54) is 5.56 Å². The van der Waals surface area contributed by atoms with E-state index < -0.39 is 0 Å². The van der Waals surface area contributed by atoms with Crippen LogP contribution in [0.2, 0.25) is 0 Å². The van der Waals surface area contributed by atoms with Gasteiger partial charge in [0.2, 0.25) is 5.91 Å². The van der Waals surface area contributed by atoms with Crippen molar-refractivity contribution in [3.63, 3.8) is 0 Å². The maximum atomic E-state index is 11.9. The molecule has 134 valence electrons. The molecular weight excluding hydrogens is 332 g/mol. The van der Waals surface area contributed by atoms with Crippen LogP contribution in [-0.2, 0) is 11.3 Å². The van der Waals surface area contributed by atoms with Gasteiger partial charge >= 0.3 is 0 Å². The minimum atomic E-state index is 0.0263. The molecule has 6 heteroatoms. The summed E-state index contributed by atoms with van der Waals surface area (Å²) in [6.07, 6.45) is 0.410. The molecular formula is C19H26N4OS. The molecule has 2 rings (SSSR count). The van der Waals surface area contributed by atoms with Crippen molar-refractivity contribution in [2.24, 2.45) is 4.99 Å². The van der Waals surface area contributed by atoms with E-state index in [4.69, 9.17) is 0 Å². The van der Waals surface area contributed by atoms with Crippen LogP contribution in [0.4, 0.5) is 0 Å². The number of benzene rings is 1. The molecule has 1 aromatic carbocycles. The molecule has 0 saturated carbocycles. The lowest BCUT2D eigenvalue weighted by molar-refractivity contribution is -0.121. The van der Waals surface area contributed by atoms with Gasteiger partial charge in [0.25, 0.3) is 0 Å². The first kappa shape index (κ1) is 19.0. The van der Waals surface area contributed by atoms with Gasteiger partial charge in [0.1, 0.15) is 0 Å². The maximum absolute atomic E-state index is 11.9. The molecule has 0 fully saturated rings. The van der Waals surface area contributed by atoms with Crippen molar-refractivity contribution in [3.8, 4) is 0 Å². The van der Waals surface area contributed by atoms with Gasteiger partial charge in [-0.25, -0.2) is 0 Å². The number of guanidine groups is 1. The minimum absolute atomic E-state index is 0.0263. The molecule has 25 heavy (non-hydrogen) atoms. The highest BCUT2D eigenvalue weighted by atomic mass is 32.1. The number of carbonyl (C=O) groups is 1. The Balaban J connectivity index is 1.62. The highest BCUT2D eigenvalue weighted by Gasteiger charge is 2.07. The fourth-order valence-electron chi connectivity index (χ4n) is 2.32. The molecule has 1 unspecified atom stereocenters. The van der Waals surface area contributed by atoms with Crippen LogP contribution >= 0.6 is 11.3 Å². The van der Waals surface area contributed by atoms with Gasteiger partial charge in [-0.3, -0.25) is 9.79 Å². The second-order valence-electron chi connectivity index (χ2n) is 5.85. The number of rotatable bonds is 8. The standard InChI is InChI=1S/C19H26N4OS/c1-15(17-9-11-25-14-17)12-23-19(20-2)21-10-8-18(24)22-13-16-6-4-3-5-7-16/h3-7,9,11,14-15H,8,10,12-13H2,1-2H3,(H,22,24)(H2,20,21,23). The Morgan fingerprint density at radius 2 is 1.96 bits per heavy atom. The monoisotopic (exact) mass is 358 g/mol. The Labute approximate surface area is 153 Å². The Morgan fingerprint density at radius 3 is 2.64 bits per heavy atom. The van der Waals surface area contributed by atoms with E-state index in [-0.39, 0.29) is 5.91 Å². The third kappa shape index (κ3) is 6.97. The maximum Gasteiger partial charge on any atom is 0.222 e. The zero-order valence-electron chi connectivity index (χ0n) is 14.8. The van der Waals surface area contributed by atoms with E-state index in [1.807, 2.05) is 30.3 Å². The molecule has 1 amide bonds. The third-order valence-electron chi connectivity index (χ3n) is 3.89. The van der Waals surface area contributed by atoms with E-state index in [9.17, 15) is 4.79 Å². The Hall–Kier alpha value is -2.34. The van der Waals surface area contributed by atoms with Gasteiger partial charge in [0, 0.05) is 33.1 Å². The Morgan fingerprint density at radius 1 is 1.16 bits per heavy atom. The predicted octanol–water partition coefficient (Wildman–Crippen LogP) is 2.72. The normalized spacial score (nSPS) is 12.5. The number of hydrogen-bond acceptors (Lipinski definition) is 3. The van der Waals surface area contributed by atoms with Crippen molar-refractivity contribution in [2.75, 3.05) is 20.1 Å². The molecule has 0 spiro atoms. The summed E-state index contributed by atoms with van der Waals surface area (Å²) in [6.45, 7) is 4.09. The molecule has 1 aromatic heterocycles. The predicted molar refractivity (Wildman–Crippen MR) is 105 cm³/mol. The highest BCUT2D eigenvalue weighted by Crippen LogP contribution is 2.16. The number of carbonyl (C=O) groups excluding carboxylic acids is 1. The quantitative estimate of drug-likeness (QED) is 0.502. The summed E-state index contributed by atoms with van der Waals surface area (Å²) in [5.41, 5.74) is 2.43. The van der Waals surface area contributed by atoms with Crippen LogP contribution < -0.4 is 16.0 Å². The van der Waals surface area contributed by atoms with Crippen molar-refractivity contribution < 1.29 is 4.79 Å². The van der Waals surface area contributed by atoms with Gasteiger partial charge < -0.3 is 16.0 Å². The number of amides is 1. The smallest absolute Gasteiger partial charge is 0.222 e. The van der Waals surface area contributed by atoms with Crippen LogP contribution in [0.3, 0.4) is 0 Å². The number of aliphatic imine (C=N–C) groups is 1. The lowest BCUT2D eigenvalue weighted by Crippen LogP contribution is -2.40. The zero-order chi connectivity index (χ0) is 17.9. The van der Waals surface area contributed by atoms with Crippen LogP contribution in [0.1, 0.15) is 30.4 Å². The number of nitrogens with one attached hydrogen (secondary N) is 3. The summed E-state index contributed by atoms with van der Waals surface area (Å²) in [4.78, 5) is 16.1. The van der Waals surface area contributed by atoms with Gasteiger partial charge in [-0.1, -0.05) is 37.3 Å². The molecule has 1 atom stereocenters. The summed E-state index contributed by atoms with van der Waals surface area (Å²) in [5, 5.41) is 13.7. The zero-order valence-corrected chi connectivity index (χ0v) is 15.6. The first-order chi connectivity index (χ1) is 12.2. The van der Waals surface area contributed by atoms with Crippen LogP contribution in [0.5, 0.6) is 0 Å². The van der Waals surface area contributed by atoms with Crippen LogP contribution in [0, 0.1) is 0 Å². The summed E-state index contributed by atoms with van der Waals surface area (Å²) >= 11 is 1.71. The van der Waals surface area contributed by atoms with E-state index in [2.05, 4.69) is 44.7 Å². The van der Waals surface area contributed by atoms with Crippen molar-refractivity contribution in [2.45, 2.75) is 25.8 Å². The fraction of sp³-hybridized carbons (Fsp3) is 0.368. The van der Waals surface area contributed by atoms with E-state index in [1.54, 1.807) is 18.4 Å². The van der Waals surface area contributed by atoms with Gasteiger partial charge in [0.15, 0.2) is 5.96 Å². The van der Waals surface area contributed by atoms with E-state index >= 15 is 0 Å². The van der Waals surface area contributed by atoms with Crippen molar-refractivity contribution in [1.29, 1.82) is 0 Å². The second kappa shape index (κ2) is 10.5. The summed E-state index contributed by atoms with van der Waals surface area (Å²) in [7, 11) is 1.74. The average Bonchev–Trinajstić information content (AvgIpc) is 3.18. The molecule has 3 N–H and O–H groups in total. The summed E-state index contributed by atoms with van der Waals surface area (Å²) in [6, 6.07) is 12.0. The molecule has 0 aliphatic carbocycles. The first-order valence-electron chi connectivity index (χ1n) is 8.46. The van der Waals surface area contributed by atoms with Crippen molar-refractivity contribution in [3.05, 3.63) is 58.3 Å². The molecule has 0 saturated heterocycles. The third-order valence-corrected chi connectivity index (χ3v) is 4.59. The Kier molecular flexibility index (Phi) is 7.98. The van der Waals surface area contributed by atoms with Gasteiger partial charge in [0.05, 0.1) is 0 Å².